The molecule has 170 valence electrons. The number of nitrogens with zero attached hydrogens (tertiary/aromatic N) is 2. The van der Waals surface area contributed by atoms with E-state index >= 15 is 0 Å². The van der Waals surface area contributed by atoms with Crippen molar-refractivity contribution in [1.82, 2.24) is 21.3 Å². The van der Waals surface area contributed by atoms with E-state index in [0.717, 1.165) is 61.8 Å². The number of hydrogen-bond acceptors (Lipinski definition) is 5. The monoisotopic (exact) mass is 427 g/mol. The van der Waals surface area contributed by atoms with Crippen LogP contribution >= 0.6 is 0 Å². The lowest BCUT2D eigenvalue weighted by molar-refractivity contribution is 0.194. The van der Waals surface area contributed by atoms with Gasteiger partial charge in [-0.1, -0.05) is 26.0 Å². The molecule has 3 unspecified atom stereocenters. The van der Waals surface area contributed by atoms with Crippen LogP contribution in [0.1, 0.15) is 52.0 Å². The van der Waals surface area contributed by atoms with Gasteiger partial charge in [-0.15, -0.1) is 0 Å². The van der Waals surface area contributed by atoms with Crippen LogP contribution in [0.2, 0.25) is 0 Å². The number of nitrogens with one attached hydrogen (secondary N) is 5. The summed E-state index contributed by atoms with van der Waals surface area (Å²) in [6.07, 6.45) is 3.67. The topological polar surface area (TPSA) is 102 Å². The van der Waals surface area contributed by atoms with Crippen molar-refractivity contribution in [1.29, 1.82) is 0 Å². The standard InChI is InChI=1S/C23H37N7O/c1-5-17(3)23(30-22(31)27-19-9-6-8-16(2)12-19)28-18(4)13-21(29-23)25-11-7-10-20-14-24-15-26-20/h6,8-9,12,17,20,24,26H,5,7,10-11,13-15H2,1-4H3,(H,25,29)(H2,27,30,31). The highest BCUT2D eigenvalue weighted by Gasteiger charge is 2.40. The lowest BCUT2D eigenvalue weighted by Crippen LogP contribution is -2.66. The number of carbonyl (C=O) groups is 1. The average Bonchev–Trinajstić information content (AvgIpc) is 3.23. The molecule has 31 heavy (non-hydrogen) atoms. The minimum atomic E-state index is -0.902. The molecule has 0 spiro atoms. The van der Waals surface area contributed by atoms with E-state index in [1.807, 2.05) is 38.1 Å². The van der Waals surface area contributed by atoms with Crippen LogP contribution in [0, 0.1) is 12.8 Å². The van der Waals surface area contributed by atoms with Crippen LogP contribution in [-0.4, -0.2) is 49.2 Å². The number of urea groups is 1. The van der Waals surface area contributed by atoms with Crippen LogP contribution in [0.5, 0.6) is 0 Å². The van der Waals surface area contributed by atoms with Crippen molar-refractivity contribution in [2.45, 2.75) is 65.2 Å². The molecule has 2 aliphatic rings. The second-order valence-corrected chi connectivity index (χ2v) is 8.68. The zero-order valence-electron chi connectivity index (χ0n) is 19.2. The van der Waals surface area contributed by atoms with Gasteiger partial charge in [0.05, 0.1) is 0 Å². The maximum Gasteiger partial charge on any atom is 0.322 e. The third kappa shape index (κ3) is 6.51. The molecule has 1 aromatic carbocycles. The number of benzene rings is 1. The maximum absolute atomic E-state index is 12.9. The number of anilines is 1. The molecule has 0 aliphatic carbocycles. The summed E-state index contributed by atoms with van der Waals surface area (Å²) in [6, 6.07) is 8.01. The summed E-state index contributed by atoms with van der Waals surface area (Å²) >= 11 is 0. The molecule has 0 aromatic heterocycles. The second kappa shape index (κ2) is 10.7. The first-order valence-electron chi connectivity index (χ1n) is 11.4. The maximum atomic E-state index is 12.9. The highest BCUT2D eigenvalue weighted by Crippen LogP contribution is 2.24. The molecule has 2 aliphatic heterocycles. The summed E-state index contributed by atoms with van der Waals surface area (Å²) in [5.74, 6) is 0.0759. The molecule has 3 atom stereocenters. The molecule has 1 fully saturated rings. The molecule has 0 bridgehead atoms. The fourth-order valence-electron chi connectivity index (χ4n) is 4.03. The quantitative estimate of drug-likeness (QED) is 0.412. The smallest absolute Gasteiger partial charge is 0.322 e. The fourth-order valence-corrected chi connectivity index (χ4v) is 4.03. The van der Waals surface area contributed by atoms with E-state index < -0.39 is 5.79 Å². The van der Waals surface area contributed by atoms with E-state index in [2.05, 4.69) is 40.4 Å². The zero-order chi connectivity index (χ0) is 22.3. The van der Waals surface area contributed by atoms with Crippen LogP contribution in [-0.2, 0) is 0 Å². The Labute approximate surface area is 185 Å². The number of hydrogen-bond donors (Lipinski definition) is 5. The van der Waals surface area contributed by atoms with Gasteiger partial charge in [0.1, 0.15) is 5.84 Å². The number of aliphatic imine (C=N–C) groups is 2. The Bertz CT molecular complexity index is 816. The Balaban J connectivity index is 1.67. The van der Waals surface area contributed by atoms with Gasteiger partial charge in [0, 0.05) is 49.5 Å². The van der Waals surface area contributed by atoms with Gasteiger partial charge in [0.25, 0.3) is 0 Å². The van der Waals surface area contributed by atoms with Gasteiger partial charge in [-0.05, 0) is 50.8 Å². The van der Waals surface area contributed by atoms with Gasteiger partial charge in [-0.2, -0.15) is 0 Å². The van der Waals surface area contributed by atoms with E-state index in [-0.39, 0.29) is 11.9 Å². The van der Waals surface area contributed by atoms with Gasteiger partial charge < -0.3 is 21.3 Å². The van der Waals surface area contributed by atoms with E-state index in [4.69, 9.17) is 9.98 Å². The summed E-state index contributed by atoms with van der Waals surface area (Å²) in [5.41, 5.74) is 2.82. The Morgan fingerprint density at radius 1 is 1.39 bits per heavy atom. The first kappa shape index (κ1) is 23.2. The van der Waals surface area contributed by atoms with E-state index in [1.54, 1.807) is 0 Å². The third-order valence-electron chi connectivity index (χ3n) is 5.95. The summed E-state index contributed by atoms with van der Waals surface area (Å²) in [4.78, 5) is 22.5. The van der Waals surface area contributed by atoms with E-state index in [9.17, 15) is 4.79 Å². The summed E-state index contributed by atoms with van der Waals surface area (Å²) < 4.78 is 0. The molecule has 1 saturated heterocycles. The minimum absolute atomic E-state index is 0.0879. The van der Waals surface area contributed by atoms with Gasteiger partial charge >= 0.3 is 6.03 Å². The van der Waals surface area contributed by atoms with Crippen molar-refractivity contribution in [3.05, 3.63) is 29.8 Å². The van der Waals surface area contributed by atoms with Crippen molar-refractivity contribution in [3.8, 4) is 0 Å². The lowest BCUT2D eigenvalue weighted by atomic mass is 9.97. The Hall–Kier alpha value is -2.45. The Morgan fingerprint density at radius 2 is 2.23 bits per heavy atom. The van der Waals surface area contributed by atoms with Crippen molar-refractivity contribution in [2.75, 3.05) is 25.1 Å². The molecule has 0 saturated carbocycles. The predicted molar refractivity (Wildman–Crippen MR) is 128 cm³/mol. The van der Waals surface area contributed by atoms with Crippen LogP contribution < -0.4 is 26.6 Å². The van der Waals surface area contributed by atoms with Gasteiger partial charge in [0.15, 0.2) is 0 Å². The largest absolute Gasteiger partial charge is 0.332 e. The summed E-state index contributed by atoms with van der Waals surface area (Å²) in [7, 11) is 0. The van der Waals surface area contributed by atoms with Gasteiger partial charge in [0.2, 0.25) is 5.79 Å². The molecule has 1 aromatic rings. The van der Waals surface area contributed by atoms with Crippen LogP contribution in [0.3, 0.4) is 0 Å². The molecular formula is C23H37N7O. The normalized spacial score (nSPS) is 25.6. The van der Waals surface area contributed by atoms with Crippen molar-refractivity contribution in [2.24, 2.45) is 15.9 Å². The Morgan fingerprint density at radius 3 is 2.94 bits per heavy atom. The number of aryl methyl sites for hydroxylation is 1. The van der Waals surface area contributed by atoms with E-state index in [0.29, 0.717) is 12.5 Å². The van der Waals surface area contributed by atoms with Gasteiger partial charge in [-0.3, -0.25) is 10.3 Å². The van der Waals surface area contributed by atoms with Crippen molar-refractivity contribution >= 4 is 23.3 Å². The highest BCUT2D eigenvalue weighted by atomic mass is 16.2. The fraction of sp³-hybridized carbons (Fsp3) is 0.609. The third-order valence-corrected chi connectivity index (χ3v) is 5.95. The predicted octanol–water partition coefficient (Wildman–Crippen LogP) is 2.97. The molecule has 2 amide bonds. The molecule has 2 heterocycles. The minimum Gasteiger partial charge on any atom is -0.332 e. The number of amides is 2. The molecular weight excluding hydrogens is 390 g/mol. The Kier molecular flexibility index (Phi) is 8.03. The second-order valence-electron chi connectivity index (χ2n) is 8.68. The summed E-state index contributed by atoms with van der Waals surface area (Å²) in [5, 5.41) is 16.3. The average molecular weight is 428 g/mol. The van der Waals surface area contributed by atoms with Crippen LogP contribution in [0.25, 0.3) is 0 Å². The number of amidine groups is 1. The first-order chi connectivity index (χ1) is 14.9. The highest BCUT2D eigenvalue weighted by molar-refractivity contribution is 6.05. The van der Waals surface area contributed by atoms with Gasteiger partial charge in [-0.25, -0.2) is 9.79 Å². The van der Waals surface area contributed by atoms with Crippen molar-refractivity contribution in [3.63, 3.8) is 0 Å². The zero-order valence-corrected chi connectivity index (χ0v) is 19.2. The van der Waals surface area contributed by atoms with Crippen LogP contribution in [0.4, 0.5) is 10.5 Å². The SMILES string of the molecule is CCC(C)C1(NC(=O)Nc2cccc(C)c2)N=C(C)CC(=NCCCC2CNCN2)N1. The molecule has 5 N–H and O–H groups in total. The molecule has 8 heteroatoms. The number of carbonyl (C=O) groups excluding carboxylic acids is 1. The van der Waals surface area contributed by atoms with E-state index in [1.165, 1.54) is 0 Å². The first-order valence-corrected chi connectivity index (χ1v) is 11.4. The van der Waals surface area contributed by atoms with Crippen molar-refractivity contribution < 1.29 is 4.79 Å². The van der Waals surface area contributed by atoms with Crippen LogP contribution in [0.15, 0.2) is 34.3 Å². The lowest BCUT2D eigenvalue weighted by Gasteiger charge is -2.40. The molecule has 3 rings (SSSR count). The molecule has 8 nitrogen and oxygen atoms in total. The number of rotatable bonds is 8. The summed E-state index contributed by atoms with van der Waals surface area (Å²) in [6.45, 7) is 10.9. The molecule has 0 radical (unpaired) electrons.